The molecule has 0 aromatic heterocycles. The summed E-state index contributed by atoms with van der Waals surface area (Å²) in [4.78, 5) is 10.4. The third kappa shape index (κ3) is 3.26. The summed E-state index contributed by atoms with van der Waals surface area (Å²) >= 11 is 0. The van der Waals surface area contributed by atoms with E-state index in [9.17, 15) is 18.9 Å². The second-order valence-electron chi connectivity index (χ2n) is 4.20. The quantitative estimate of drug-likeness (QED) is 0.628. The van der Waals surface area contributed by atoms with Gasteiger partial charge < -0.3 is 0 Å². The van der Waals surface area contributed by atoms with Crippen molar-refractivity contribution >= 4 is 6.08 Å². The van der Waals surface area contributed by atoms with Crippen LogP contribution in [-0.2, 0) is 6.42 Å². The fraction of sp³-hybridized carbons (Fsp3) is 0.0667. The molecule has 0 heterocycles. The minimum Gasteiger partial charge on any atom is -0.259 e. The standard InChI is InChI=1S/C15H11F2NO2/c16-14-8-4-7-12(15(14)17)10-13(18(19)20)9-11-5-2-1-3-6-11/h1-8,10H,9H2. The van der Waals surface area contributed by atoms with Gasteiger partial charge >= 0.3 is 0 Å². The van der Waals surface area contributed by atoms with Gasteiger partial charge in [-0.1, -0.05) is 42.5 Å². The van der Waals surface area contributed by atoms with Crippen molar-refractivity contribution in [3.8, 4) is 0 Å². The highest BCUT2D eigenvalue weighted by Crippen LogP contribution is 2.17. The number of nitrogens with zero attached hydrogens (tertiary/aromatic N) is 1. The predicted molar refractivity (Wildman–Crippen MR) is 71.5 cm³/mol. The van der Waals surface area contributed by atoms with Gasteiger partial charge in [0.05, 0.1) is 11.3 Å². The molecule has 0 aliphatic heterocycles. The van der Waals surface area contributed by atoms with E-state index in [1.165, 1.54) is 12.1 Å². The van der Waals surface area contributed by atoms with Gasteiger partial charge in [-0.05, 0) is 11.6 Å². The van der Waals surface area contributed by atoms with E-state index in [0.29, 0.717) is 0 Å². The van der Waals surface area contributed by atoms with E-state index in [4.69, 9.17) is 0 Å². The lowest BCUT2D eigenvalue weighted by atomic mass is 10.1. The fourth-order valence-electron chi connectivity index (χ4n) is 1.78. The molecule has 0 saturated heterocycles. The summed E-state index contributed by atoms with van der Waals surface area (Å²) in [6.07, 6.45) is 1.11. The molecular formula is C15H11F2NO2. The third-order valence-corrected chi connectivity index (χ3v) is 2.77. The van der Waals surface area contributed by atoms with E-state index in [1.54, 1.807) is 30.3 Å². The smallest absolute Gasteiger partial charge is 0.251 e. The maximum Gasteiger partial charge on any atom is 0.251 e. The summed E-state index contributed by atoms with van der Waals surface area (Å²) in [6.45, 7) is 0. The summed E-state index contributed by atoms with van der Waals surface area (Å²) in [7, 11) is 0. The maximum absolute atomic E-state index is 13.5. The van der Waals surface area contributed by atoms with Crippen molar-refractivity contribution in [2.24, 2.45) is 0 Å². The van der Waals surface area contributed by atoms with Crippen LogP contribution in [0.1, 0.15) is 11.1 Å². The highest BCUT2D eigenvalue weighted by Gasteiger charge is 2.14. The second kappa shape index (κ2) is 6.06. The summed E-state index contributed by atoms with van der Waals surface area (Å²) in [5, 5.41) is 11.0. The molecule has 0 bridgehead atoms. The molecule has 102 valence electrons. The monoisotopic (exact) mass is 275 g/mol. The van der Waals surface area contributed by atoms with Crippen LogP contribution in [0.5, 0.6) is 0 Å². The van der Waals surface area contributed by atoms with Gasteiger partial charge in [0.25, 0.3) is 5.70 Å². The zero-order valence-corrected chi connectivity index (χ0v) is 10.4. The number of rotatable bonds is 4. The molecule has 0 amide bonds. The Morgan fingerprint density at radius 1 is 1.10 bits per heavy atom. The first kappa shape index (κ1) is 13.9. The minimum atomic E-state index is -1.08. The number of hydrogen-bond donors (Lipinski definition) is 0. The summed E-state index contributed by atoms with van der Waals surface area (Å²) in [5.74, 6) is -2.11. The highest BCUT2D eigenvalue weighted by atomic mass is 19.2. The van der Waals surface area contributed by atoms with Crippen molar-refractivity contribution in [2.45, 2.75) is 6.42 Å². The molecule has 0 spiro atoms. The fourth-order valence-corrected chi connectivity index (χ4v) is 1.78. The van der Waals surface area contributed by atoms with E-state index in [-0.39, 0.29) is 17.7 Å². The van der Waals surface area contributed by atoms with E-state index in [0.717, 1.165) is 17.7 Å². The topological polar surface area (TPSA) is 43.1 Å². The van der Waals surface area contributed by atoms with Gasteiger partial charge in [-0.3, -0.25) is 10.1 Å². The Morgan fingerprint density at radius 2 is 1.80 bits per heavy atom. The van der Waals surface area contributed by atoms with Crippen LogP contribution >= 0.6 is 0 Å². The molecule has 0 aliphatic rings. The molecule has 2 rings (SSSR count). The van der Waals surface area contributed by atoms with Gasteiger partial charge in [0.15, 0.2) is 11.6 Å². The number of nitro groups is 1. The van der Waals surface area contributed by atoms with E-state index >= 15 is 0 Å². The first-order valence-electron chi connectivity index (χ1n) is 5.91. The van der Waals surface area contributed by atoms with Crippen molar-refractivity contribution in [3.63, 3.8) is 0 Å². The Morgan fingerprint density at radius 3 is 2.45 bits per heavy atom. The number of hydrogen-bond acceptors (Lipinski definition) is 2. The number of allylic oxidation sites excluding steroid dienone is 1. The Kier molecular flexibility index (Phi) is 4.20. The summed E-state index contributed by atoms with van der Waals surface area (Å²) in [5.41, 5.74) is 0.403. The average Bonchev–Trinajstić information content (AvgIpc) is 2.44. The molecule has 0 fully saturated rings. The van der Waals surface area contributed by atoms with Crippen molar-refractivity contribution in [3.05, 3.63) is 87.1 Å². The van der Waals surface area contributed by atoms with Gasteiger partial charge in [-0.25, -0.2) is 8.78 Å². The van der Waals surface area contributed by atoms with Crippen molar-refractivity contribution in [1.29, 1.82) is 0 Å². The largest absolute Gasteiger partial charge is 0.259 e. The molecule has 0 aliphatic carbocycles. The molecule has 0 N–H and O–H groups in total. The van der Waals surface area contributed by atoms with Crippen molar-refractivity contribution in [1.82, 2.24) is 0 Å². The molecule has 0 saturated carbocycles. The average molecular weight is 275 g/mol. The lowest BCUT2D eigenvalue weighted by molar-refractivity contribution is -0.425. The molecule has 5 heteroatoms. The van der Waals surface area contributed by atoms with E-state index in [2.05, 4.69) is 0 Å². The molecule has 0 radical (unpaired) electrons. The number of halogens is 2. The Balaban J connectivity index is 2.36. The predicted octanol–water partition coefficient (Wildman–Crippen LogP) is 3.83. The molecule has 0 atom stereocenters. The summed E-state index contributed by atoms with van der Waals surface area (Å²) in [6, 6.07) is 12.4. The zero-order chi connectivity index (χ0) is 14.5. The maximum atomic E-state index is 13.5. The van der Waals surface area contributed by atoms with Crippen LogP contribution in [0.4, 0.5) is 8.78 Å². The van der Waals surface area contributed by atoms with Gasteiger partial charge in [0, 0.05) is 11.6 Å². The second-order valence-corrected chi connectivity index (χ2v) is 4.20. The Hall–Kier alpha value is -2.56. The first-order valence-corrected chi connectivity index (χ1v) is 5.91. The molecular weight excluding hydrogens is 264 g/mol. The molecule has 3 nitrogen and oxygen atoms in total. The Bertz CT molecular complexity index is 654. The van der Waals surface area contributed by atoms with Crippen LogP contribution in [0.2, 0.25) is 0 Å². The molecule has 20 heavy (non-hydrogen) atoms. The summed E-state index contributed by atoms with van der Waals surface area (Å²) < 4.78 is 26.6. The van der Waals surface area contributed by atoms with Gasteiger partial charge in [0.1, 0.15) is 0 Å². The third-order valence-electron chi connectivity index (χ3n) is 2.77. The van der Waals surface area contributed by atoms with Crippen LogP contribution in [0.25, 0.3) is 6.08 Å². The van der Waals surface area contributed by atoms with Crippen LogP contribution in [0.3, 0.4) is 0 Å². The SMILES string of the molecule is O=[N+]([O-])C(=Cc1cccc(F)c1F)Cc1ccccc1. The van der Waals surface area contributed by atoms with Crippen molar-refractivity contribution in [2.75, 3.05) is 0 Å². The van der Waals surface area contributed by atoms with Crippen LogP contribution in [0.15, 0.2) is 54.2 Å². The van der Waals surface area contributed by atoms with Crippen LogP contribution in [0, 0.1) is 21.7 Å². The zero-order valence-electron chi connectivity index (χ0n) is 10.4. The molecule has 2 aromatic rings. The van der Waals surface area contributed by atoms with Crippen molar-refractivity contribution < 1.29 is 13.7 Å². The van der Waals surface area contributed by atoms with Gasteiger partial charge in [0.2, 0.25) is 0 Å². The normalized spacial score (nSPS) is 11.4. The van der Waals surface area contributed by atoms with Gasteiger partial charge in [-0.15, -0.1) is 0 Å². The number of benzene rings is 2. The molecule has 2 aromatic carbocycles. The molecule has 0 unspecified atom stereocenters. The lowest BCUT2D eigenvalue weighted by Gasteiger charge is -2.01. The van der Waals surface area contributed by atoms with Crippen LogP contribution < -0.4 is 0 Å². The minimum absolute atomic E-state index is 0.0454. The van der Waals surface area contributed by atoms with Gasteiger partial charge in [-0.2, -0.15) is 0 Å². The van der Waals surface area contributed by atoms with Crippen LogP contribution in [-0.4, -0.2) is 4.92 Å². The Labute approximate surface area is 114 Å². The first-order chi connectivity index (χ1) is 9.58. The lowest BCUT2D eigenvalue weighted by Crippen LogP contribution is -2.03. The van der Waals surface area contributed by atoms with E-state index < -0.39 is 16.6 Å². The van der Waals surface area contributed by atoms with E-state index in [1.807, 2.05) is 0 Å². The highest BCUT2D eigenvalue weighted by molar-refractivity contribution is 5.52.